The second-order valence-electron chi connectivity index (χ2n) is 0.632. The van der Waals surface area contributed by atoms with Crippen molar-refractivity contribution in [2.45, 2.75) is 13.2 Å². The number of aliphatic hydroxyl groups is 2. The molecule has 0 amide bonds. The predicted octanol–water partition coefficient (Wildman–Crippen LogP) is -0.0650. The van der Waals surface area contributed by atoms with Gasteiger partial charge in [-0.25, -0.2) is 0 Å². The lowest BCUT2D eigenvalue weighted by Gasteiger charge is -1.80. The molecule has 2 nitrogen and oxygen atoms in total. The van der Waals surface area contributed by atoms with Gasteiger partial charge >= 0.3 is 0 Å². The number of halogens is 1. The van der Waals surface area contributed by atoms with Crippen molar-refractivity contribution >= 4 is 24.0 Å². The van der Waals surface area contributed by atoms with E-state index in [1.165, 1.54) is 6.92 Å². The number of rotatable bonds is 0. The molecule has 0 aliphatic carbocycles. The monoisotopic (exact) mass is 190 g/mol. The molecule has 0 saturated heterocycles. The summed E-state index contributed by atoms with van der Waals surface area (Å²) in [7, 11) is 0. The minimum Gasteiger partial charge on any atom is -0.368 e. The van der Waals surface area contributed by atoms with Crippen LogP contribution in [0.25, 0.3) is 0 Å². The summed E-state index contributed by atoms with van der Waals surface area (Å²) in [6.45, 7) is 1.28. The molecule has 3 heteroatoms. The van der Waals surface area contributed by atoms with Crippen molar-refractivity contribution in [2.24, 2.45) is 0 Å². The first-order chi connectivity index (χ1) is 1.73. The van der Waals surface area contributed by atoms with Gasteiger partial charge in [-0.15, -0.1) is 24.0 Å². The van der Waals surface area contributed by atoms with Crippen LogP contribution in [0.4, 0.5) is 0 Å². The van der Waals surface area contributed by atoms with Crippen LogP contribution in [0.1, 0.15) is 6.92 Å². The van der Waals surface area contributed by atoms with E-state index in [-0.39, 0.29) is 24.0 Å². The third-order valence-corrected chi connectivity index (χ3v) is 0. The molecule has 0 atom stereocenters. The molecule has 0 spiro atoms. The summed E-state index contributed by atoms with van der Waals surface area (Å²) in [6.07, 6.45) is -1.17. The highest BCUT2D eigenvalue weighted by atomic mass is 127. The molecule has 5 heavy (non-hydrogen) atoms. The molecule has 0 rings (SSSR count). The summed E-state index contributed by atoms with van der Waals surface area (Å²) in [6, 6.07) is 0. The van der Waals surface area contributed by atoms with Crippen LogP contribution in [-0.2, 0) is 0 Å². The van der Waals surface area contributed by atoms with E-state index in [2.05, 4.69) is 0 Å². The highest BCUT2D eigenvalue weighted by Crippen LogP contribution is 1.57. The number of aliphatic hydroxyl groups excluding tert-OH is 1. The zero-order chi connectivity index (χ0) is 3.58. The van der Waals surface area contributed by atoms with Crippen LogP contribution >= 0.6 is 24.0 Å². The van der Waals surface area contributed by atoms with Crippen molar-refractivity contribution in [3.63, 3.8) is 0 Å². The van der Waals surface area contributed by atoms with E-state index in [1.54, 1.807) is 0 Å². The van der Waals surface area contributed by atoms with Crippen LogP contribution in [-0.4, -0.2) is 16.5 Å². The Hall–Kier alpha value is 0.650. The molecular formula is C2H7IO2. The van der Waals surface area contributed by atoms with Crippen molar-refractivity contribution in [3.05, 3.63) is 0 Å². The third-order valence-electron chi connectivity index (χ3n) is 0. The van der Waals surface area contributed by atoms with E-state index in [4.69, 9.17) is 10.2 Å². The zero-order valence-corrected chi connectivity index (χ0v) is 5.21. The van der Waals surface area contributed by atoms with E-state index in [0.717, 1.165) is 0 Å². The summed E-state index contributed by atoms with van der Waals surface area (Å²) < 4.78 is 0. The van der Waals surface area contributed by atoms with Crippen molar-refractivity contribution in [3.8, 4) is 0 Å². The lowest BCUT2D eigenvalue weighted by molar-refractivity contribution is -0.0228. The molecule has 0 radical (unpaired) electrons. The fraction of sp³-hybridized carbons (Fsp3) is 1.00. The van der Waals surface area contributed by atoms with E-state index >= 15 is 0 Å². The first-order valence-electron chi connectivity index (χ1n) is 1.09. The molecule has 0 aliphatic rings. The van der Waals surface area contributed by atoms with Gasteiger partial charge in [0, 0.05) is 0 Å². The van der Waals surface area contributed by atoms with Gasteiger partial charge in [0.2, 0.25) is 0 Å². The molecule has 0 heterocycles. The lowest BCUT2D eigenvalue weighted by atomic mass is 10.8. The van der Waals surface area contributed by atoms with Crippen molar-refractivity contribution in [1.29, 1.82) is 0 Å². The van der Waals surface area contributed by atoms with Crippen LogP contribution < -0.4 is 0 Å². The Morgan fingerprint density at radius 1 is 1.40 bits per heavy atom. The largest absolute Gasteiger partial charge is 0.368 e. The minimum atomic E-state index is -1.17. The molecule has 0 bridgehead atoms. The number of hydrogen-bond acceptors (Lipinski definition) is 2. The summed E-state index contributed by atoms with van der Waals surface area (Å²) in [4.78, 5) is 0. The van der Waals surface area contributed by atoms with Gasteiger partial charge in [0.25, 0.3) is 0 Å². The van der Waals surface area contributed by atoms with Gasteiger partial charge in [-0.2, -0.15) is 0 Å². The summed E-state index contributed by atoms with van der Waals surface area (Å²) >= 11 is 0. The highest BCUT2D eigenvalue weighted by Gasteiger charge is 1.70. The number of hydrogen-bond donors (Lipinski definition) is 2. The molecule has 0 aromatic heterocycles. The molecule has 0 fully saturated rings. The Morgan fingerprint density at radius 2 is 1.40 bits per heavy atom. The van der Waals surface area contributed by atoms with Crippen LogP contribution in [0, 0.1) is 0 Å². The van der Waals surface area contributed by atoms with E-state index < -0.39 is 6.29 Å². The average molecular weight is 190 g/mol. The van der Waals surface area contributed by atoms with Crippen LogP contribution in [0.3, 0.4) is 0 Å². The van der Waals surface area contributed by atoms with E-state index in [1.807, 2.05) is 0 Å². The Balaban J connectivity index is 0. The molecule has 0 saturated carbocycles. The van der Waals surface area contributed by atoms with Crippen LogP contribution in [0.2, 0.25) is 0 Å². The van der Waals surface area contributed by atoms with Crippen LogP contribution in [0.5, 0.6) is 0 Å². The standard InChI is InChI=1S/C2H6O2.HI/c1-2(3)4;/h2-4H,1H3;1H. The van der Waals surface area contributed by atoms with Gasteiger partial charge in [-0.3, -0.25) is 0 Å². The second-order valence-corrected chi connectivity index (χ2v) is 0.632. The van der Waals surface area contributed by atoms with Gasteiger partial charge in [-0.1, -0.05) is 0 Å². The molecule has 34 valence electrons. The van der Waals surface area contributed by atoms with Crippen molar-refractivity contribution in [1.82, 2.24) is 0 Å². The summed E-state index contributed by atoms with van der Waals surface area (Å²) in [5.74, 6) is 0. The topological polar surface area (TPSA) is 40.5 Å². The first-order valence-corrected chi connectivity index (χ1v) is 1.09. The molecular weight excluding hydrogens is 183 g/mol. The quantitative estimate of drug-likeness (QED) is 0.414. The van der Waals surface area contributed by atoms with Gasteiger partial charge < -0.3 is 10.2 Å². The zero-order valence-electron chi connectivity index (χ0n) is 2.88. The van der Waals surface area contributed by atoms with E-state index in [9.17, 15) is 0 Å². The molecule has 0 unspecified atom stereocenters. The normalized spacial score (nSPS) is 7.20. The maximum Gasteiger partial charge on any atom is 0.148 e. The molecule has 2 N–H and O–H groups in total. The molecule has 0 aromatic rings. The maximum absolute atomic E-state index is 7.61. The Bertz CT molecular complexity index is 12.4. The fourth-order valence-electron chi connectivity index (χ4n) is 0. The molecule has 0 aliphatic heterocycles. The highest BCUT2D eigenvalue weighted by molar-refractivity contribution is 14.0. The molecule has 0 aromatic carbocycles. The maximum atomic E-state index is 7.61. The van der Waals surface area contributed by atoms with Gasteiger partial charge in [0.15, 0.2) is 0 Å². The summed E-state index contributed by atoms with van der Waals surface area (Å²) in [5.41, 5.74) is 0. The van der Waals surface area contributed by atoms with Gasteiger partial charge in [0.05, 0.1) is 0 Å². The predicted molar refractivity (Wildman–Crippen MR) is 29.3 cm³/mol. The average Bonchev–Trinajstić information content (AvgIpc) is 0.811. The van der Waals surface area contributed by atoms with Crippen molar-refractivity contribution in [2.75, 3.05) is 0 Å². The van der Waals surface area contributed by atoms with Gasteiger partial charge in [0.1, 0.15) is 6.29 Å². The Kier molecular flexibility index (Phi) is 8.53. The first kappa shape index (κ1) is 9.17. The Morgan fingerprint density at radius 3 is 1.40 bits per heavy atom. The third kappa shape index (κ3) is 77.3. The van der Waals surface area contributed by atoms with Crippen molar-refractivity contribution < 1.29 is 10.2 Å². The SMILES string of the molecule is CC(O)O.I. The minimum absolute atomic E-state index is 0. The Labute approximate surface area is 47.8 Å². The van der Waals surface area contributed by atoms with Crippen LogP contribution in [0.15, 0.2) is 0 Å². The van der Waals surface area contributed by atoms with Gasteiger partial charge in [-0.05, 0) is 6.92 Å². The fourth-order valence-corrected chi connectivity index (χ4v) is 0. The lowest BCUT2D eigenvalue weighted by Crippen LogP contribution is -1.92. The smallest absolute Gasteiger partial charge is 0.148 e. The second kappa shape index (κ2) is 4.65. The summed E-state index contributed by atoms with van der Waals surface area (Å²) in [5, 5.41) is 15.2. The van der Waals surface area contributed by atoms with E-state index in [0.29, 0.717) is 0 Å².